The van der Waals surface area contributed by atoms with Crippen LogP contribution in [0.2, 0.25) is 0 Å². The summed E-state index contributed by atoms with van der Waals surface area (Å²) in [5.41, 5.74) is 11.7. The highest BCUT2D eigenvalue weighted by Gasteiger charge is 2.46. The minimum absolute atomic E-state index is 0. The minimum atomic E-state index is -4.45. The van der Waals surface area contributed by atoms with Crippen LogP contribution in [0.15, 0.2) is 48.7 Å². The second-order valence-corrected chi connectivity index (χ2v) is 10.0. The molecule has 212 valence electrons. The van der Waals surface area contributed by atoms with Crippen LogP contribution in [0, 0.1) is 13.8 Å². The number of alkyl halides is 3. The predicted octanol–water partition coefficient (Wildman–Crippen LogP) is 5.44. The number of hydrogen-bond acceptors (Lipinski definition) is 6. The zero-order chi connectivity index (χ0) is 26.8. The van der Waals surface area contributed by atoms with Gasteiger partial charge in [-0.2, -0.15) is 18.3 Å². The quantitative estimate of drug-likeness (QED) is 0.299. The molecule has 0 bridgehead atoms. The Morgan fingerprint density at radius 2 is 1.77 bits per heavy atom. The van der Waals surface area contributed by atoms with E-state index in [0.717, 1.165) is 33.4 Å². The lowest BCUT2D eigenvalue weighted by atomic mass is 10.0. The van der Waals surface area contributed by atoms with Gasteiger partial charge >= 0.3 is 6.18 Å². The van der Waals surface area contributed by atoms with Crippen LogP contribution in [-0.4, -0.2) is 59.6 Å². The third-order valence-electron chi connectivity index (χ3n) is 7.29. The molecule has 1 fully saturated rings. The number of nitrogens with two attached hydrogens (primary N) is 1. The van der Waals surface area contributed by atoms with Crippen molar-refractivity contribution in [2.24, 2.45) is 12.8 Å². The van der Waals surface area contributed by atoms with E-state index in [0.29, 0.717) is 30.1 Å². The topological polar surface area (TPSA) is 90.2 Å². The van der Waals surface area contributed by atoms with Gasteiger partial charge in [-0.1, -0.05) is 24.3 Å². The molecule has 0 radical (unpaired) electrons. The summed E-state index contributed by atoms with van der Waals surface area (Å²) in [6, 6.07) is 10.9. The highest BCUT2D eigenvalue weighted by Crippen LogP contribution is 2.39. The Hall–Kier alpha value is -3.25. The zero-order valence-corrected chi connectivity index (χ0v) is 23.7. The highest BCUT2D eigenvalue weighted by atomic mass is 35.5. The Morgan fingerprint density at radius 3 is 2.42 bits per heavy atom. The smallest absolute Gasteiger partial charge is 0.326 e. The molecule has 5 aromatic rings. The fourth-order valence-electron chi connectivity index (χ4n) is 5.50. The Bertz CT molecular complexity index is 1680. The van der Waals surface area contributed by atoms with Crippen LogP contribution in [-0.2, 0) is 7.05 Å². The zero-order valence-electron chi connectivity index (χ0n) is 22.1. The van der Waals surface area contributed by atoms with Crippen LogP contribution < -0.4 is 5.73 Å². The maximum absolute atomic E-state index is 14.2. The fraction of sp³-hybridized carbons (Fsp3) is 0.333. The first-order valence-corrected chi connectivity index (χ1v) is 12.4. The molecule has 0 saturated carbocycles. The lowest BCUT2D eigenvalue weighted by Gasteiger charge is -2.30. The van der Waals surface area contributed by atoms with Crippen molar-refractivity contribution < 1.29 is 13.2 Å². The van der Waals surface area contributed by atoms with Gasteiger partial charge in [0.05, 0.1) is 16.9 Å². The largest absolute Gasteiger partial charge is 0.408 e. The standard InChI is InChI=1S/C27H27F3N8.2ClH/c1-15-12-22(36(3)35-15)20-7-4-17-5-8-21(32-24(17)16(20)2)26-34-33-23-9-6-18(13-38(23)26)25(27(28,29)30)37-11-10-19(31)14-37;;/h4-9,12-13,19,25H,10-11,14,31H2,1-3H3;2*1H/t19-,25+;;/m0../s1. The van der Waals surface area contributed by atoms with Gasteiger partial charge in [-0.25, -0.2) is 4.98 Å². The molecule has 4 aromatic heterocycles. The molecule has 8 nitrogen and oxygen atoms in total. The number of fused-ring (bicyclic) bond motifs is 2. The van der Waals surface area contributed by atoms with E-state index in [-0.39, 0.29) is 43.0 Å². The molecule has 2 N–H and O–H groups in total. The van der Waals surface area contributed by atoms with E-state index in [9.17, 15) is 13.2 Å². The molecule has 0 spiro atoms. The van der Waals surface area contributed by atoms with Crippen molar-refractivity contribution in [2.45, 2.75) is 38.5 Å². The van der Waals surface area contributed by atoms with Gasteiger partial charge in [0.15, 0.2) is 11.5 Å². The summed E-state index contributed by atoms with van der Waals surface area (Å²) >= 11 is 0. The average Bonchev–Trinajstić information content (AvgIpc) is 3.56. The van der Waals surface area contributed by atoms with E-state index in [1.165, 1.54) is 17.2 Å². The summed E-state index contributed by atoms with van der Waals surface area (Å²) in [5, 5.41) is 13.9. The molecule has 1 aromatic carbocycles. The van der Waals surface area contributed by atoms with Gasteiger partial charge in [-0.15, -0.1) is 35.0 Å². The van der Waals surface area contributed by atoms with Gasteiger partial charge < -0.3 is 5.73 Å². The summed E-state index contributed by atoms with van der Waals surface area (Å²) in [6.07, 6.45) is -2.45. The number of nitrogens with zero attached hydrogens (tertiary/aromatic N) is 7. The molecular weight excluding hydrogens is 564 g/mol. The van der Waals surface area contributed by atoms with Gasteiger partial charge in [-0.3, -0.25) is 14.0 Å². The Balaban J connectivity index is 0.00000185. The molecule has 1 saturated heterocycles. The molecule has 5 heterocycles. The molecule has 13 heteroatoms. The van der Waals surface area contributed by atoms with Crippen LogP contribution in [0.5, 0.6) is 0 Å². The minimum Gasteiger partial charge on any atom is -0.326 e. The van der Waals surface area contributed by atoms with Gasteiger partial charge in [0.1, 0.15) is 11.7 Å². The maximum atomic E-state index is 14.2. The van der Waals surface area contributed by atoms with Crippen LogP contribution in [0.25, 0.3) is 39.3 Å². The van der Waals surface area contributed by atoms with Crippen molar-refractivity contribution in [1.29, 1.82) is 0 Å². The maximum Gasteiger partial charge on any atom is 0.408 e. The van der Waals surface area contributed by atoms with E-state index >= 15 is 0 Å². The number of hydrogen-bond donors (Lipinski definition) is 1. The molecule has 40 heavy (non-hydrogen) atoms. The van der Waals surface area contributed by atoms with E-state index in [4.69, 9.17) is 10.7 Å². The van der Waals surface area contributed by atoms with Crippen LogP contribution in [0.1, 0.15) is 29.3 Å². The highest BCUT2D eigenvalue weighted by molar-refractivity contribution is 5.89. The van der Waals surface area contributed by atoms with E-state index in [1.54, 1.807) is 10.5 Å². The number of halogens is 5. The molecule has 1 aliphatic rings. The Labute approximate surface area is 241 Å². The number of benzene rings is 1. The van der Waals surface area contributed by atoms with Crippen molar-refractivity contribution in [3.05, 3.63) is 65.5 Å². The van der Waals surface area contributed by atoms with Gasteiger partial charge in [-0.05, 0) is 49.6 Å². The first-order chi connectivity index (χ1) is 18.1. The molecule has 2 atom stereocenters. The molecular formula is C27H29Cl2F3N8. The molecule has 0 unspecified atom stereocenters. The molecule has 0 amide bonds. The third-order valence-corrected chi connectivity index (χ3v) is 7.29. The third kappa shape index (κ3) is 5.14. The van der Waals surface area contributed by atoms with Crippen LogP contribution in [0.4, 0.5) is 13.2 Å². The van der Waals surface area contributed by atoms with Gasteiger partial charge in [0.2, 0.25) is 0 Å². The van der Waals surface area contributed by atoms with Gasteiger partial charge in [0, 0.05) is 43.3 Å². The number of likely N-dealkylation sites (tertiary alicyclic amines) is 1. The summed E-state index contributed by atoms with van der Waals surface area (Å²) in [6.45, 7) is 4.44. The molecule has 6 rings (SSSR count). The lowest BCUT2D eigenvalue weighted by Crippen LogP contribution is -2.38. The monoisotopic (exact) mass is 592 g/mol. The second kappa shape index (κ2) is 11.0. The summed E-state index contributed by atoms with van der Waals surface area (Å²) in [7, 11) is 1.90. The lowest BCUT2D eigenvalue weighted by molar-refractivity contribution is -0.183. The van der Waals surface area contributed by atoms with Crippen LogP contribution >= 0.6 is 24.8 Å². The number of aryl methyl sites for hydroxylation is 3. The summed E-state index contributed by atoms with van der Waals surface area (Å²) in [4.78, 5) is 6.30. The second-order valence-electron chi connectivity index (χ2n) is 10.0. The predicted molar refractivity (Wildman–Crippen MR) is 153 cm³/mol. The van der Waals surface area contributed by atoms with Crippen LogP contribution in [0.3, 0.4) is 0 Å². The van der Waals surface area contributed by atoms with E-state index in [1.807, 2.05) is 49.8 Å². The number of aromatic nitrogens is 6. The SMILES string of the molecule is Cc1cc(-c2ccc3ccc(-c4nnc5ccc([C@@H](N6CC[C@H](N)C6)C(F)(F)F)cn45)nc3c2C)n(C)n1.Cl.Cl. The summed E-state index contributed by atoms with van der Waals surface area (Å²) in [5.74, 6) is 0.379. The molecule has 0 aliphatic carbocycles. The van der Waals surface area contributed by atoms with Crippen molar-refractivity contribution >= 4 is 41.4 Å². The molecule has 1 aliphatic heterocycles. The van der Waals surface area contributed by atoms with Crippen molar-refractivity contribution in [2.75, 3.05) is 13.1 Å². The van der Waals surface area contributed by atoms with E-state index < -0.39 is 12.2 Å². The van der Waals surface area contributed by atoms with E-state index in [2.05, 4.69) is 21.4 Å². The normalized spacial score (nSPS) is 16.7. The first-order valence-electron chi connectivity index (χ1n) is 12.4. The van der Waals surface area contributed by atoms with Crippen molar-refractivity contribution in [3.8, 4) is 22.8 Å². The number of rotatable bonds is 4. The van der Waals surface area contributed by atoms with Crippen molar-refractivity contribution in [1.82, 2.24) is 34.3 Å². The number of pyridine rings is 2. The first kappa shape index (κ1) is 29.7. The Kier molecular flexibility index (Phi) is 8.15. The summed E-state index contributed by atoms with van der Waals surface area (Å²) < 4.78 is 46.1. The Morgan fingerprint density at radius 1 is 1.02 bits per heavy atom. The van der Waals surface area contributed by atoms with Gasteiger partial charge in [0.25, 0.3) is 0 Å². The average molecular weight is 593 g/mol. The fourth-order valence-corrected chi connectivity index (χ4v) is 5.50. The van der Waals surface area contributed by atoms with Crippen molar-refractivity contribution in [3.63, 3.8) is 0 Å².